The lowest BCUT2D eigenvalue weighted by molar-refractivity contribution is 0.0170. The summed E-state index contributed by atoms with van der Waals surface area (Å²) in [5, 5.41) is 7.18. The zero-order valence-electron chi connectivity index (χ0n) is 11.0. The van der Waals surface area contributed by atoms with Crippen molar-refractivity contribution < 1.29 is 4.74 Å². The van der Waals surface area contributed by atoms with Crippen molar-refractivity contribution in [3.63, 3.8) is 0 Å². The Balaban J connectivity index is 1.59. The van der Waals surface area contributed by atoms with E-state index >= 15 is 0 Å². The van der Waals surface area contributed by atoms with Crippen LogP contribution in [0.2, 0.25) is 0 Å². The highest BCUT2D eigenvalue weighted by Crippen LogP contribution is 2.27. The fourth-order valence-electron chi connectivity index (χ4n) is 2.91. The third-order valence-corrected chi connectivity index (χ3v) is 4.17. The quantitative estimate of drug-likeness (QED) is 0.855. The Morgan fingerprint density at radius 3 is 3.11 bits per heavy atom. The van der Waals surface area contributed by atoms with Gasteiger partial charge in [-0.05, 0) is 36.8 Å². The van der Waals surface area contributed by atoms with Crippen molar-refractivity contribution >= 4 is 5.69 Å². The predicted molar refractivity (Wildman–Crippen MR) is 73.9 cm³/mol. The molecule has 98 valence electrons. The van der Waals surface area contributed by atoms with Gasteiger partial charge in [-0.25, -0.2) is 0 Å². The number of para-hydroxylation sites is 1. The Hall–Kier alpha value is -1.06. The van der Waals surface area contributed by atoms with Crippen LogP contribution in [0, 0.1) is 0 Å². The van der Waals surface area contributed by atoms with Crippen molar-refractivity contribution in [3.8, 4) is 0 Å². The van der Waals surface area contributed by atoms with E-state index in [2.05, 4.69) is 28.8 Å². The van der Waals surface area contributed by atoms with Crippen LogP contribution in [0.25, 0.3) is 0 Å². The van der Waals surface area contributed by atoms with Crippen LogP contribution in [0.4, 0.5) is 5.69 Å². The Kier molecular flexibility index (Phi) is 3.52. The Bertz CT molecular complexity index is 413. The summed E-state index contributed by atoms with van der Waals surface area (Å²) in [7, 11) is 1.80. The van der Waals surface area contributed by atoms with Gasteiger partial charge in [-0.1, -0.05) is 18.2 Å². The van der Waals surface area contributed by atoms with E-state index in [0.29, 0.717) is 12.1 Å². The standard InChI is InChI=1S/C15H22N2O/c1-18-14-8-13(9-14)17-10-12-5-2-4-11-6-3-7-16-15(11)12/h2,4-5,13-14,16-17H,3,6-10H2,1H3. The Morgan fingerprint density at radius 1 is 1.39 bits per heavy atom. The molecule has 0 aromatic heterocycles. The lowest BCUT2D eigenvalue weighted by atomic mass is 9.89. The highest BCUT2D eigenvalue weighted by Gasteiger charge is 2.28. The van der Waals surface area contributed by atoms with Crippen molar-refractivity contribution in [2.75, 3.05) is 19.0 Å². The molecule has 1 aromatic rings. The van der Waals surface area contributed by atoms with E-state index in [9.17, 15) is 0 Å². The van der Waals surface area contributed by atoms with Gasteiger partial charge in [0.1, 0.15) is 0 Å². The number of hydrogen-bond donors (Lipinski definition) is 2. The van der Waals surface area contributed by atoms with Crippen molar-refractivity contribution in [3.05, 3.63) is 29.3 Å². The second-order valence-corrected chi connectivity index (χ2v) is 5.39. The van der Waals surface area contributed by atoms with E-state index < -0.39 is 0 Å². The lowest BCUT2D eigenvalue weighted by Gasteiger charge is -2.35. The molecule has 1 aliphatic carbocycles. The van der Waals surface area contributed by atoms with Gasteiger partial charge in [-0.15, -0.1) is 0 Å². The average Bonchev–Trinajstić information content (AvgIpc) is 2.37. The van der Waals surface area contributed by atoms with Crippen molar-refractivity contribution in [1.29, 1.82) is 0 Å². The molecule has 1 heterocycles. The van der Waals surface area contributed by atoms with Crippen LogP contribution < -0.4 is 10.6 Å². The molecule has 3 heteroatoms. The number of rotatable bonds is 4. The maximum Gasteiger partial charge on any atom is 0.0601 e. The van der Waals surface area contributed by atoms with Gasteiger partial charge < -0.3 is 15.4 Å². The minimum atomic E-state index is 0.477. The number of nitrogens with one attached hydrogen (secondary N) is 2. The van der Waals surface area contributed by atoms with Crippen molar-refractivity contribution in [2.45, 2.75) is 44.4 Å². The van der Waals surface area contributed by atoms with Crippen LogP contribution in [0.1, 0.15) is 30.4 Å². The van der Waals surface area contributed by atoms with Gasteiger partial charge in [0.05, 0.1) is 6.10 Å². The molecule has 2 N–H and O–H groups in total. The molecular formula is C15H22N2O. The molecule has 18 heavy (non-hydrogen) atoms. The van der Waals surface area contributed by atoms with Crippen LogP contribution in [0.5, 0.6) is 0 Å². The molecule has 1 fully saturated rings. The monoisotopic (exact) mass is 246 g/mol. The SMILES string of the molecule is COC1CC(NCc2cccc3c2NCCC3)C1. The fourth-order valence-corrected chi connectivity index (χ4v) is 2.91. The van der Waals surface area contributed by atoms with E-state index in [1.807, 2.05) is 0 Å². The van der Waals surface area contributed by atoms with Crippen LogP contribution in [0.3, 0.4) is 0 Å². The number of ether oxygens (including phenoxy) is 1. The molecule has 0 saturated heterocycles. The summed E-state index contributed by atoms with van der Waals surface area (Å²) in [6, 6.07) is 7.29. The highest BCUT2D eigenvalue weighted by atomic mass is 16.5. The molecule has 0 amide bonds. The molecule has 2 aliphatic rings. The van der Waals surface area contributed by atoms with Gasteiger partial charge in [-0.3, -0.25) is 0 Å². The van der Waals surface area contributed by atoms with Gasteiger partial charge in [0.15, 0.2) is 0 Å². The number of aryl methyl sites for hydroxylation is 1. The van der Waals surface area contributed by atoms with Crippen molar-refractivity contribution in [2.24, 2.45) is 0 Å². The van der Waals surface area contributed by atoms with E-state index in [0.717, 1.165) is 25.9 Å². The molecule has 0 atom stereocenters. The van der Waals surface area contributed by atoms with E-state index in [1.165, 1.54) is 29.7 Å². The summed E-state index contributed by atoms with van der Waals surface area (Å²) in [5.41, 5.74) is 4.26. The van der Waals surface area contributed by atoms with Gasteiger partial charge in [0, 0.05) is 31.9 Å². The molecule has 1 saturated carbocycles. The first-order valence-electron chi connectivity index (χ1n) is 6.97. The zero-order chi connectivity index (χ0) is 12.4. The zero-order valence-corrected chi connectivity index (χ0v) is 11.0. The summed E-state index contributed by atoms with van der Waals surface area (Å²) >= 11 is 0. The molecule has 0 bridgehead atoms. The van der Waals surface area contributed by atoms with Gasteiger partial charge in [0.2, 0.25) is 0 Å². The highest BCUT2D eigenvalue weighted by molar-refractivity contribution is 5.59. The normalized spacial score (nSPS) is 26.1. The molecule has 3 rings (SSSR count). The van der Waals surface area contributed by atoms with Crippen LogP contribution >= 0.6 is 0 Å². The molecule has 0 radical (unpaired) electrons. The van der Waals surface area contributed by atoms with Gasteiger partial charge >= 0.3 is 0 Å². The third-order valence-electron chi connectivity index (χ3n) is 4.17. The fraction of sp³-hybridized carbons (Fsp3) is 0.600. The first kappa shape index (κ1) is 12.0. The third kappa shape index (κ3) is 2.38. The molecule has 0 unspecified atom stereocenters. The number of hydrogen-bond acceptors (Lipinski definition) is 3. The van der Waals surface area contributed by atoms with E-state index in [4.69, 9.17) is 4.74 Å². The van der Waals surface area contributed by atoms with Crippen LogP contribution in [-0.2, 0) is 17.7 Å². The van der Waals surface area contributed by atoms with Crippen LogP contribution in [-0.4, -0.2) is 25.8 Å². The molecular weight excluding hydrogens is 224 g/mol. The first-order valence-corrected chi connectivity index (χ1v) is 6.97. The topological polar surface area (TPSA) is 33.3 Å². The molecule has 1 aromatic carbocycles. The van der Waals surface area contributed by atoms with Gasteiger partial charge in [-0.2, -0.15) is 0 Å². The number of benzene rings is 1. The summed E-state index contributed by atoms with van der Waals surface area (Å²) < 4.78 is 5.31. The molecule has 1 aliphatic heterocycles. The minimum absolute atomic E-state index is 0.477. The summed E-state index contributed by atoms with van der Waals surface area (Å²) in [6.07, 6.45) is 5.25. The van der Waals surface area contributed by atoms with E-state index in [1.54, 1.807) is 7.11 Å². The minimum Gasteiger partial charge on any atom is -0.385 e. The second-order valence-electron chi connectivity index (χ2n) is 5.39. The summed E-state index contributed by atoms with van der Waals surface area (Å²) in [5.74, 6) is 0. The lowest BCUT2D eigenvalue weighted by Crippen LogP contribution is -2.44. The molecule has 0 spiro atoms. The smallest absolute Gasteiger partial charge is 0.0601 e. The predicted octanol–water partition coefficient (Wildman–Crippen LogP) is 2.31. The largest absolute Gasteiger partial charge is 0.385 e. The maximum absolute atomic E-state index is 5.31. The average molecular weight is 246 g/mol. The van der Waals surface area contributed by atoms with Gasteiger partial charge in [0.25, 0.3) is 0 Å². The van der Waals surface area contributed by atoms with Crippen molar-refractivity contribution in [1.82, 2.24) is 5.32 Å². The summed E-state index contributed by atoms with van der Waals surface area (Å²) in [4.78, 5) is 0. The molecule has 3 nitrogen and oxygen atoms in total. The first-order chi connectivity index (χ1) is 8.86. The Morgan fingerprint density at radius 2 is 2.28 bits per heavy atom. The van der Waals surface area contributed by atoms with Crippen LogP contribution in [0.15, 0.2) is 18.2 Å². The number of methoxy groups -OCH3 is 1. The Labute approximate surface area is 109 Å². The van der Waals surface area contributed by atoms with E-state index in [-0.39, 0.29) is 0 Å². The summed E-state index contributed by atoms with van der Waals surface area (Å²) in [6.45, 7) is 2.08. The maximum atomic E-state index is 5.31. The number of anilines is 1. The number of fused-ring (bicyclic) bond motifs is 1. The second kappa shape index (κ2) is 5.29.